The van der Waals surface area contributed by atoms with Crippen LogP contribution in [-0.4, -0.2) is 38.8 Å². The van der Waals surface area contributed by atoms with Gasteiger partial charge >= 0.3 is 0 Å². The molecular weight excluding hydrogens is 312 g/mol. The van der Waals surface area contributed by atoms with Crippen molar-refractivity contribution in [2.45, 2.75) is 32.6 Å². The largest absolute Gasteiger partial charge is 0.356 e. The molecule has 1 aliphatic rings. The smallest absolute Gasteiger partial charge is 0.211 e. The Bertz CT molecular complexity index is 646. The lowest BCUT2D eigenvalue weighted by molar-refractivity contribution is 0.400. The quantitative estimate of drug-likeness (QED) is 0.822. The summed E-state index contributed by atoms with van der Waals surface area (Å²) in [7, 11) is -3.14. The normalized spacial score (nSPS) is 16.3. The van der Waals surface area contributed by atoms with Gasteiger partial charge in [-0.15, -0.1) is 0 Å². The Morgan fingerprint density at radius 1 is 1.43 bits per heavy atom. The van der Waals surface area contributed by atoms with E-state index in [-0.39, 0.29) is 5.75 Å². The number of nitriles is 1. The van der Waals surface area contributed by atoms with Gasteiger partial charge in [0.05, 0.1) is 11.3 Å². The number of pyridine rings is 1. The Morgan fingerprint density at radius 2 is 2.17 bits per heavy atom. The Hall–Kier alpha value is -1.65. The molecule has 0 aromatic carbocycles. The molecule has 23 heavy (non-hydrogen) atoms. The fourth-order valence-corrected chi connectivity index (χ4v) is 4.04. The van der Waals surface area contributed by atoms with Crippen molar-refractivity contribution in [3.05, 3.63) is 23.9 Å². The van der Waals surface area contributed by atoms with Crippen LogP contribution in [0.4, 0.5) is 5.82 Å². The Morgan fingerprint density at radius 3 is 2.83 bits per heavy atom. The summed E-state index contributed by atoms with van der Waals surface area (Å²) >= 11 is 0. The first-order valence-electron chi connectivity index (χ1n) is 8.13. The number of anilines is 1. The van der Waals surface area contributed by atoms with Crippen molar-refractivity contribution in [2.75, 3.05) is 30.3 Å². The molecule has 2 rings (SSSR count). The second-order valence-electron chi connectivity index (χ2n) is 5.94. The van der Waals surface area contributed by atoms with Crippen LogP contribution in [0.25, 0.3) is 0 Å². The van der Waals surface area contributed by atoms with E-state index < -0.39 is 10.0 Å². The molecule has 0 amide bonds. The van der Waals surface area contributed by atoms with Crippen molar-refractivity contribution in [3.63, 3.8) is 0 Å². The van der Waals surface area contributed by atoms with E-state index in [9.17, 15) is 8.42 Å². The molecule has 0 bridgehead atoms. The maximum absolute atomic E-state index is 11.8. The number of hydrogen-bond donors (Lipinski definition) is 1. The summed E-state index contributed by atoms with van der Waals surface area (Å²) < 4.78 is 26.4. The van der Waals surface area contributed by atoms with Crippen LogP contribution < -0.4 is 9.62 Å². The lowest BCUT2D eigenvalue weighted by Crippen LogP contribution is -2.39. The van der Waals surface area contributed by atoms with E-state index in [1.165, 1.54) is 0 Å². The standard InChI is InChI=1S/C16H24N4O2S/c1-2-3-11-23(21,22)19-13-14-6-9-20(10-7-14)16-15(12-17)5-4-8-18-16/h4-5,8,14,19H,2-3,6-7,9-11,13H2,1H3. The SMILES string of the molecule is CCCCS(=O)(=O)NCC1CCN(c2ncccc2C#N)CC1. The van der Waals surface area contributed by atoms with Crippen LogP contribution in [0.1, 0.15) is 38.2 Å². The zero-order chi connectivity index (χ0) is 16.7. The minimum atomic E-state index is -3.14. The highest BCUT2D eigenvalue weighted by Gasteiger charge is 2.23. The molecule has 1 fully saturated rings. The number of hydrogen-bond acceptors (Lipinski definition) is 5. The number of sulfonamides is 1. The van der Waals surface area contributed by atoms with Crippen molar-refractivity contribution in [1.82, 2.24) is 9.71 Å². The molecule has 7 heteroatoms. The van der Waals surface area contributed by atoms with E-state index in [2.05, 4.69) is 20.7 Å². The predicted octanol–water partition coefficient (Wildman–Crippen LogP) is 1.89. The molecule has 1 aromatic rings. The molecule has 0 unspecified atom stereocenters. The highest BCUT2D eigenvalue weighted by Crippen LogP contribution is 2.23. The molecule has 6 nitrogen and oxygen atoms in total. The van der Waals surface area contributed by atoms with Gasteiger partial charge < -0.3 is 4.90 Å². The molecule has 0 radical (unpaired) electrons. The fourth-order valence-electron chi connectivity index (χ4n) is 2.74. The van der Waals surface area contributed by atoms with E-state index in [0.717, 1.165) is 38.2 Å². The molecule has 1 N–H and O–H groups in total. The maximum Gasteiger partial charge on any atom is 0.211 e. The Kier molecular flexibility index (Phi) is 6.37. The van der Waals surface area contributed by atoms with Crippen molar-refractivity contribution < 1.29 is 8.42 Å². The molecular formula is C16H24N4O2S. The lowest BCUT2D eigenvalue weighted by atomic mass is 9.97. The molecule has 0 saturated carbocycles. The van der Waals surface area contributed by atoms with Gasteiger partial charge in [-0.3, -0.25) is 0 Å². The van der Waals surface area contributed by atoms with Crippen LogP contribution in [0.15, 0.2) is 18.3 Å². The van der Waals surface area contributed by atoms with Gasteiger partial charge in [0.25, 0.3) is 0 Å². The van der Waals surface area contributed by atoms with Gasteiger partial charge in [-0.1, -0.05) is 13.3 Å². The number of unbranched alkanes of at least 4 members (excludes halogenated alkanes) is 1. The predicted molar refractivity (Wildman–Crippen MR) is 90.6 cm³/mol. The molecule has 0 atom stereocenters. The zero-order valence-corrected chi connectivity index (χ0v) is 14.3. The minimum Gasteiger partial charge on any atom is -0.356 e. The Balaban J connectivity index is 1.84. The van der Waals surface area contributed by atoms with Gasteiger partial charge in [-0.25, -0.2) is 18.1 Å². The van der Waals surface area contributed by atoms with E-state index in [1.54, 1.807) is 18.3 Å². The zero-order valence-electron chi connectivity index (χ0n) is 13.5. The number of rotatable bonds is 7. The molecule has 0 spiro atoms. The second kappa shape index (κ2) is 8.27. The summed E-state index contributed by atoms with van der Waals surface area (Å²) in [5, 5.41) is 9.15. The van der Waals surface area contributed by atoms with E-state index in [4.69, 9.17) is 5.26 Å². The van der Waals surface area contributed by atoms with Gasteiger partial charge in [-0.05, 0) is 37.3 Å². The van der Waals surface area contributed by atoms with Gasteiger partial charge in [0, 0.05) is 25.8 Å². The van der Waals surface area contributed by atoms with Gasteiger partial charge in [0.15, 0.2) is 0 Å². The average Bonchev–Trinajstić information content (AvgIpc) is 2.59. The van der Waals surface area contributed by atoms with Crippen molar-refractivity contribution in [3.8, 4) is 6.07 Å². The summed E-state index contributed by atoms with van der Waals surface area (Å²) in [4.78, 5) is 6.42. The first kappa shape index (κ1) is 17.7. The van der Waals surface area contributed by atoms with Gasteiger partial charge in [-0.2, -0.15) is 5.26 Å². The third-order valence-corrected chi connectivity index (χ3v) is 5.61. The van der Waals surface area contributed by atoms with Crippen LogP contribution in [0, 0.1) is 17.2 Å². The number of piperidine rings is 1. The molecule has 2 heterocycles. The fraction of sp³-hybridized carbons (Fsp3) is 0.625. The first-order valence-corrected chi connectivity index (χ1v) is 9.78. The molecule has 1 saturated heterocycles. The topological polar surface area (TPSA) is 86.1 Å². The van der Waals surface area contributed by atoms with E-state index in [1.807, 2.05) is 6.92 Å². The van der Waals surface area contributed by atoms with Crippen LogP contribution in [-0.2, 0) is 10.0 Å². The van der Waals surface area contributed by atoms with Crippen LogP contribution in [0.3, 0.4) is 0 Å². The van der Waals surface area contributed by atoms with E-state index >= 15 is 0 Å². The highest BCUT2D eigenvalue weighted by atomic mass is 32.2. The summed E-state index contributed by atoms with van der Waals surface area (Å²) in [6.45, 7) is 4.09. The average molecular weight is 336 g/mol. The highest BCUT2D eigenvalue weighted by molar-refractivity contribution is 7.89. The number of aromatic nitrogens is 1. The van der Waals surface area contributed by atoms with E-state index in [0.29, 0.717) is 24.4 Å². The van der Waals surface area contributed by atoms with Crippen molar-refractivity contribution in [1.29, 1.82) is 5.26 Å². The third kappa shape index (κ3) is 5.19. The first-order chi connectivity index (χ1) is 11.1. The van der Waals surface area contributed by atoms with Crippen molar-refractivity contribution >= 4 is 15.8 Å². The van der Waals surface area contributed by atoms with Crippen LogP contribution in [0.2, 0.25) is 0 Å². The molecule has 1 aromatic heterocycles. The van der Waals surface area contributed by atoms with Crippen LogP contribution in [0.5, 0.6) is 0 Å². The summed E-state index contributed by atoms with van der Waals surface area (Å²) in [6, 6.07) is 5.71. The monoisotopic (exact) mass is 336 g/mol. The summed E-state index contributed by atoms with van der Waals surface area (Å²) in [6.07, 6.45) is 5.08. The second-order valence-corrected chi connectivity index (χ2v) is 7.86. The molecule has 1 aliphatic heterocycles. The van der Waals surface area contributed by atoms with Gasteiger partial charge in [0.1, 0.15) is 11.9 Å². The number of nitrogens with zero attached hydrogens (tertiary/aromatic N) is 3. The van der Waals surface area contributed by atoms with Gasteiger partial charge in [0.2, 0.25) is 10.0 Å². The number of nitrogens with one attached hydrogen (secondary N) is 1. The maximum atomic E-state index is 11.8. The Labute approximate surface area is 138 Å². The molecule has 0 aliphatic carbocycles. The lowest BCUT2D eigenvalue weighted by Gasteiger charge is -2.33. The summed E-state index contributed by atoms with van der Waals surface area (Å²) in [5.74, 6) is 1.29. The summed E-state index contributed by atoms with van der Waals surface area (Å²) in [5.41, 5.74) is 0.589. The minimum absolute atomic E-state index is 0.210. The molecule has 126 valence electrons. The van der Waals surface area contributed by atoms with Crippen LogP contribution >= 0.6 is 0 Å². The van der Waals surface area contributed by atoms with Crippen molar-refractivity contribution in [2.24, 2.45) is 5.92 Å². The third-order valence-electron chi connectivity index (χ3n) is 4.18.